The van der Waals surface area contributed by atoms with Crippen LogP contribution in [0.3, 0.4) is 0 Å². The predicted octanol–water partition coefficient (Wildman–Crippen LogP) is 2.35. The summed E-state index contributed by atoms with van der Waals surface area (Å²) in [6.07, 6.45) is 0.204. The highest BCUT2D eigenvalue weighted by Crippen LogP contribution is 2.32. The number of benzene rings is 2. The van der Waals surface area contributed by atoms with Gasteiger partial charge in [0.1, 0.15) is 12.4 Å². The van der Waals surface area contributed by atoms with Crippen LogP contribution in [0.5, 0.6) is 17.2 Å². The van der Waals surface area contributed by atoms with E-state index in [1.807, 2.05) is 0 Å². The number of para-hydroxylation sites is 2. The van der Waals surface area contributed by atoms with Crippen molar-refractivity contribution in [1.29, 1.82) is 0 Å². The van der Waals surface area contributed by atoms with E-state index >= 15 is 0 Å². The number of carbonyl (C=O) groups is 1. The second-order valence-corrected chi connectivity index (χ2v) is 6.08. The summed E-state index contributed by atoms with van der Waals surface area (Å²) in [5, 5.41) is 24.5. The maximum atomic E-state index is 12.1. The average Bonchev–Trinajstić information content (AvgIpc) is 2.64. The van der Waals surface area contributed by atoms with E-state index in [1.165, 1.54) is 0 Å². The third-order valence-corrected chi connectivity index (χ3v) is 4.07. The van der Waals surface area contributed by atoms with Crippen LogP contribution in [0.2, 0.25) is 0 Å². The van der Waals surface area contributed by atoms with Crippen molar-refractivity contribution in [3.8, 4) is 17.2 Å². The minimum absolute atomic E-state index is 0.0198. The number of hydrazone groups is 1. The van der Waals surface area contributed by atoms with E-state index in [0.29, 0.717) is 11.5 Å². The van der Waals surface area contributed by atoms with Crippen LogP contribution in [0.25, 0.3) is 0 Å². The zero-order valence-corrected chi connectivity index (χ0v) is 14.7. The number of rotatable bonds is 4. The number of nitrogens with zero attached hydrogens (tertiary/aromatic N) is 2. The summed E-state index contributed by atoms with van der Waals surface area (Å²) in [5.41, 5.74) is 2.09. The molecule has 2 aromatic carbocycles. The number of hydrogen-bond acceptors (Lipinski definition) is 7. The number of fused-ring (bicyclic) bond motifs is 1. The molecular weight excluding hydrogens is 410 g/mol. The number of carbonyl (C=O) groups excluding carboxylic acids is 1. The molecule has 0 unspecified atom stereocenters. The maximum Gasteiger partial charge on any atom is 0.284 e. The molecule has 26 heavy (non-hydrogen) atoms. The highest BCUT2D eigenvalue weighted by molar-refractivity contribution is 9.10. The predicted molar refractivity (Wildman–Crippen MR) is 94.6 cm³/mol. The Morgan fingerprint density at radius 2 is 2.12 bits per heavy atom. The first kappa shape index (κ1) is 17.7. The lowest BCUT2D eigenvalue weighted by atomic mass is 10.2. The fourth-order valence-corrected chi connectivity index (χ4v) is 2.66. The Morgan fingerprint density at radius 1 is 1.38 bits per heavy atom. The number of phenols is 1. The molecule has 134 valence electrons. The van der Waals surface area contributed by atoms with Crippen LogP contribution < -0.4 is 14.9 Å². The summed E-state index contributed by atoms with van der Waals surface area (Å²) < 4.78 is 11.1. The highest BCUT2D eigenvalue weighted by Gasteiger charge is 2.27. The average molecular weight is 422 g/mol. The summed E-state index contributed by atoms with van der Waals surface area (Å²) in [6.45, 7) is 0.0198. The summed E-state index contributed by atoms with van der Waals surface area (Å²) >= 11 is 3.02. The van der Waals surface area contributed by atoms with Crippen molar-refractivity contribution in [1.82, 2.24) is 5.43 Å². The number of non-ortho nitro benzene ring substituents is 1. The Balaban J connectivity index is 1.68. The lowest BCUT2D eigenvalue weighted by Crippen LogP contribution is -2.42. The van der Waals surface area contributed by atoms with E-state index in [4.69, 9.17) is 9.47 Å². The van der Waals surface area contributed by atoms with E-state index in [1.54, 1.807) is 24.3 Å². The molecule has 0 aliphatic carbocycles. The molecule has 1 aliphatic rings. The van der Waals surface area contributed by atoms with Gasteiger partial charge in [-0.2, -0.15) is 5.10 Å². The Bertz CT molecular complexity index is 902. The van der Waals surface area contributed by atoms with Crippen LogP contribution in [-0.4, -0.2) is 34.9 Å². The third-order valence-electron chi connectivity index (χ3n) is 3.47. The van der Waals surface area contributed by atoms with Crippen molar-refractivity contribution in [3.05, 3.63) is 56.5 Å². The van der Waals surface area contributed by atoms with Gasteiger partial charge in [0.25, 0.3) is 11.6 Å². The molecule has 2 aromatic rings. The molecule has 1 amide bonds. The van der Waals surface area contributed by atoms with Crippen molar-refractivity contribution in [2.75, 3.05) is 6.61 Å². The molecule has 9 nitrogen and oxygen atoms in total. The van der Waals surface area contributed by atoms with Crippen LogP contribution in [0.15, 0.2) is 46.0 Å². The van der Waals surface area contributed by atoms with Gasteiger partial charge in [-0.25, -0.2) is 5.43 Å². The van der Waals surface area contributed by atoms with E-state index in [0.717, 1.165) is 18.3 Å². The van der Waals surface area contributed by atoms with Crippen LogP contribution >= 0.6 is 15.9 Å². The number of aromatic hydroxyl groups is 1. The Labute approximate surface area is 155 Å². The van der Waals surface area contributed by atoms with Crippen LogP contribution in [0.4, 0.5) is 5.69 Å². The molecule has 0 aromatic heterocycles. The van der Waals surface area contributed by atoms with Crippen molar-refractivity contribution in [3.63, 3.8) is 0 Å². The Kier molecular flexibility index (Phi) is 5.03. The molecule has 0 saturated carbocycles. The van der Waals surface area contributed by atoms with E-state index in [2.05, 4.69) is 26.5 Å². The van der Waals surface area contributed by atoms with Gasteiger partial charge in [0.05, 0.1) is 15.6 Å². The van der Waals surface area contributed by atoms with Crippen LogP contribution in [0.1, 0.15) is 5.56 Å². The first-order chi connectivity index (χ1) is 12.5. The summed E-state index contributed by atoms with van der Waals surface area (Å²) in [6, 6.07) is 9.24. The fraction of sp³-hybridized carbons (Fsp3) is 0.125. The minimum Gasteiger partial charge on any atom is -0.506 e. The molecule has 1 atom stereocenters. The van der Waals surface area contributed by atoms with Gasteiger partial charge >= 0.3 is 0 Å². The number of halogens is 1. The lowest BCUT2D eigenvalue weighted by molar-refractivity contribution is -0.385. The van der Waals surface area contributed by atoms with Crippen LogP contribution in [0, 0.1) is 10.1 Å². The number of nitro benzene ring substituents is 1. The number of amides is 1. The fourth-order valence-electron chi connectivity index (χ4n) is 2.20. The van der Waals surface area contributed by atoms with Gasteiger partial charge in [0, 0.05) is 17.7 Å². The van der Waals surface area contributed by atoms with Crippen molar-refractivity contribution < 1.29 is 24.3 Å². The first-order valence-corrected chi connectivity index (χ1v) is 8.13. The van der Waals surface area contributed by atoms with Crippen LogP contribution in [-0.2, 0) is 4.79 Å². The zero-order valence-electron chi connectivity index (χ0n) is 13.1. The highest BCUT2D eigenvalue weighted by atomic mass is 79.9. The first-order valence-electron chi connectivity index (χ1n) is 7.34. The molecule has 2 N–H and O–H groups in total. The smallest absolute Gasteiger partial charge is 0.284 e. The summed E-state index contributed by atoms with van der Waals surface area (Å²) in [4.78, 5) is 22.4. The molecule has 1 heterocycles. The molecule has 0 fully saturated rings. The largest absolute Gasteiger partial charge is 0.506 e. The monoisotopic (exact) mass is 421 g/mol. The quantitative estimate of drug-likeness (QED) is 0.443. The number of phenolic OH excluding ortho intramolecular Hbond substituents is 1. The Morgan fingerprint density at radius 3 is 2.85 bits per heavy atom. The molecule has 0 saturated heterocycles. The lowest BCUT2D eigenvalue weighted by Gasteiger charge is -2.24. The van der Waals surface area contributed by atoms with Gasteiger partial charge in [0.2, 0.25) is 6.10 Å². The SMILES string of the molecule is O=C(N/N=C/c1cc([N+](=O)[O-])cc(Br)c1O)[C@H]1COc2ccccc2O1. The molecule has 10 heteroatoms. The van der Waals surface area contributed by atoms with Gasteiger partial charge in [-0.15, -0.1) is 0 Å². The molecule has 0 bridgehead atoms. The molecular formula is C16H12BrN3O6. The van der Waals surface area contributed by atoms with Crippen molar-refractivity contribution >= 4 is 33.7 Å². The van der Waals surface area contributed by atoms with Gasteiger partial charge in [-0.1, -0.05) is 12.1 Å². The van der Waals surface area contributed by atoms with Crippen molar-refractivity contribution in [2.45, 2.75) is 6.10 Å². The second kappa shape index (κ2) is 7.40. The Hall–Kier alpha value is -3.14. The van der Waals surface area contributed by atoms with E-state index in [9.17, 15) is 20.0 Å². The number of ether oxygens (including phenoxy) is 2. The van der Waals surface area contributed by atoms with Gasteiger partial charge < -0.3 is 14.6 Å². The number of hydrogen-bond donors (Lipinski definition) is 2. The maximum absolute atomic E-state index is 12.1. The third kappa shape index (κ3) is 3.75. The second-order valence-electron chi connectivity index (χ2n) is 5.22. The molecule has 0 radical (unpaired) electrons. The summed E-state index contributed by atoms with van der Waals surface area (Å²) in [7, 11) is 0. The van der Waals surface area contributed by atoms with Gasteiger partial charge in [0.15, 0.2) is 11.5 Å². The minimum atomic E-state index is -0.896. The molecule has 0 spiro atoms. The van der Waals surface area contributed by atoms with Gasteiger partial charge in [-0.3, -0.25) is 14.9 Å². The topological polar surface area (TPSA) is 123 Å². The van der Waals surface area contributed by atoms with Gasteiger partial charge in [-0.05, 0) is 28.1 Å². The number of nitro groups is 1. The van der Waals surface area contributed by atoms with E-state index in [-0.39, 0.29) is 28.1 Å². The van der Waals surface area contributed by atoms with E-state index < -0.39 is 16.9 Å². The van der Waals surface area contributed by atoms with Crippen molar-refractivity contribution in [2.24, 2.45) is 5.10 Å². The standard InChI is InChI=1S/C16H12BrN3O6/c17-11-6-10(20(23)24)5-9(15(11)21)7-18-19-16(22)14-8-25-12-3-1-2-4-13(12)26-14/h1-7,14,21H,8H2,(H,19,22)/b18-7+/t14-/m1/s1. The number of nitrogens with one attached hydrogen (secondary N) is 1. The molecule has 3 rings (SSSR count). The summed E-state index contributed by atoms with van der Waals surface area (Å²) in [5.74, 6) is 0.203. The zero-order chi connectivity index (χ0) is 18.7. The molecule has 1 aliphatic heterocycles. The normalized spacial score (nSPS) is 15.7.